The Balaban J connectivity index is 2.26. The van der Waals surface area contributed by atoms with E-state index in [4.69, 9.17) is 0 Å². The van der Waals surface area contributed by atoms with E-state index in [9.17, 15) is 13.5 Å². The number of nitrogens with zero attached hydrogens (tertiary/aromatic N) is 3. The molecule has 1 aliphatic carbocycles. The van der Waals surface area contributed by atoms with Crippen LogP contribution in [0.2, 0.25) is 0 Å². The van der Waals surface area contributed by atoms with Gasteiger partial charge in [0.15, 0.2) is 5.03 Å². The zero-order valence-corrected chi connectivity index (χ0v) is 13.8. The first-order chi connectivity index (χ1) is 9.00. The summed E-state index contributed by atoms with van der Waals surface area (Å²) in [4.78, 5) is 0. The van der Waals surface area contributed by atoms with E-state index in [1.54, 1.807) is 10.9 Å². The van der Waals surface area contributed by atoms with Crippen LogP contribution in [0.4, 0.5) is 0 Å². The van der Waals surface area contributed by atoms with Crippen LogP contribution >= 0.6 is 17.5 Å². The van der Waals surface area contributed by atoms with Crippen molar-refractivity contribution in [1.29, 1.82) is 0 Å². The summed E-state index contributed by atoms with van der Waals surface area (Å²) in [6.07, 6.45) is 3.78. The molecule has 1 fully saturated rings. The highest BCUT2D eigenvalue weighted by molar-refractivity contribution is 7.97. The topological polar surface area (TPSA) is 75.4 Å². The van der Waals surface area contributed by atoms with Gasteiger partial charge in [-0.15, -0.1) is 0 Å². The van der Waals surface area contributed by atoms with Gasteiger partial charge in [0.1, 0.15) is 0 Å². The fourth-order valence-electron chi connectivity index (χ4n) is 2.32. The fourth-order valence-corrected chi connectivity index (χ4v) is 6.31. The zero-order valence-electron chi connectivity index (χ0n) is 10.9. The summed E-state index contributed by atoms with van der Waals surface area (Å²) in [7, 11) is -3.09. The molecule has 2 rings (SSSR count). The molecular formula is C10H19N3O3P2S. The second-order valence-electron chi connectivity index (χ2n) is 4.42. The summed E-state index contributed by atoms with van der Waals surface area (Å²) in [5.74, 6) is 0. The number of aromatic nitrogens is 2. The van der Waals surface area contributed by atoms with Crippen LogP contribution in [0.3, 0.4) is 0 Å². The molecule has 0 aromatic carbocycles. The zero-order chi connectivity index (χ0) is 14.0. The lowest BCUT2D eigenvalue weighted by Gasteiger charge is -2.17. The van der Waals surface area contributed by atoms with Gasteiger partial charge in [0.25, 0.3) is 10.0 Å². The fraction of sp³-hybridized carbons (Fsp3) is 0.700. The summed E-state index contributed by atoms with van der Waals surface area (Å²) in [6, 6.07) is 1.43. The van der Waals surface area contributed by atoms with Crippen LogP contribution < -0.4 is 0 Å². The third-order valence-electron chi connectivity index (χ3n) is 3.28. The van der Waals surface area contributed by atoms with Crippen LogP contribution in [0, 0.1) is 0 Å². The Hall–Kier alpha value is -0.0600. The van der Waals surface area contributed by atoms with Crippen LogP contribution in [0.25, 0.3) is 0 Å². The van der Waals surface area contributed by atoms with E-state index < -0.39 is 16.1 Å². The van der Waals surface area contributed by atoms with Crippen LogP contribution in [-0.4, -0.2) is 46.6 Å². The SMILES string of the molecule is CPN(PC)S(=O)(=O)c1ccn(C2CCCC2O)n1. The number of aliphatic hydroxyl groups excluding tert-OH is 1. The van der Waals surface area contributed by atoms with Gasteiger partial charge >= 0.3 is 0 Å². The van der Waals surface area contributed by atoms with Crippen LogP contribution in [0.5, 0.6) is 0 Å². The molecule has 1 N–H and O–H groups in total. The Labute approximate surface area is 117 Å². The van der Waals surface area contributed by atoms with Crippen molar-refractivity contribution in [3.05, 3.63) is 12.3 Å². The van der Waals surface area contributed by atoms with Crippen molar-refractivity contribution >= 4 is 27.5 Å². The van der Waals surface area contributed by atoms with Gasteiger partial charge in [0, 0.05) is 6.20 Å². The van der Waals surface area contributed by atoms with Gasteiger partial charge in [-0.1, -0.05) is 0 Å². The number of sulfonamides is 1. The van der Waals surface area contributed by atoms with Gasteiger partial charge in [-0.05, 0) is 56.1 Å². The van der Waals surface area contributed by atoms with Gasteiger partial charge in [0.05, 0.1) is 12.1 Å². The lowest BCUT2D eigenvalue weighted by Crippen LogP contribution is -2.20. The lowest BCUT2D eigenvalue weighted by atomic mass is 10.2. The molecule has 9 heteroatoms. The molecule has 4 atom stereocenters. The first kappa shape index (κ1) is 15.3. The normalized spacial score (nSPS) is 25.5. The van der Waals surface area contributed by atoms with Crippen LogP contribution in [0.15, 0.2) is 17.3 Å². The third kappa shape index (κ3) is 3.01. The molecule has 1 aliphatic rings. The molecule has 0 spiro atoms. The van der Waals surface area contributed by atoms with E-state index in [1.807, 2.05) is 13.3 Å². The molecule has 0 amide bonds. The predicted octanol–water partition coefficient (Wildman–Crippen LogP) is 1.41. The monoisotopic (exact) mass is 323 g/mol. The van der Waals surface area contributed by atoms with E-state index >= 15 is 0 Å². The molecule has 0 aliphatic heterocycles. The van der Waals surface area contributed by atoms with Crippen molar-refractivity contribution in [2.45, 2.75) is 36.4 Å². The van der Waals surface area contributed by atoms with E-state index in [2.05, 4.69) is 5.10 Å². The quantitative estimate of drug-likeness (QED) is 0.831. The standard InChI is InChI=1S/C10H19N3O3P2S/c1-17-13(18-2)19(15,16)10-6-7-12(11-10)8-4-3-5-9(8)14/h6-9,14,17-18H,3-5H2,1-2H3. The first-order valence-electron chi connectivity index (χ1n) is 6.14. The van der Waals surface area contributed by atoms with Crippen molar-refractivity contribution in [2.75, 3.05) is 13.3 Å². The molecular weight excluding hydrogens is 304 g/mol. The second kappa shape index (κ2) is 6.15. The maximum absolute atomic E-state index is 12.3. The van der Waals surface area contributed by atoms with E-state index in [1.165, 1.54) is 9.91 Å². The second-order valence-corrected chi connectivity index (χ2v) is 9.03. The Bertz CT molecular complexity index is 530. The van der Waals surface area contributed by atoms with Gasteiger partial charge in [-0.3, -0.25) is 4.68 Å². The number of aliphatic hydroxyl groups is 1. The van der Waals surface area contributed by atoms with Crippen molar-refractivity contribution in [2.24, 2.45) is 0 Å². The molecule has 0 bridgehead atoms. The molecule has 19 heavy (non-hydrogen) atoms. The van der Waals surface area contributed by atoms with E-state index in [0.717, 1.165) is 19.3 Å². The van der Waals surface area contributed by atoms with Crippen LogP contribution in [0.1, 0.15) is 25.3 Å². The maximum Gasteiger partial charge on any atom is 0.268 e. The molecule has 0 radical (unpaired) electrons. The minimum atomic E-state index is -3.48. The highest BCUT2D eigenvalue weighted by atomic mass is 32.2. The summed E-state index contributed by atoms with van der Waals surface area (Å²) in [5, 5.41) is 14.1. The smallest absolute Gasteiger partial charge is 0.268 e. The maximum atomic E-state index is 12.3. The van der Waals surface area contributed by atoms with Gasteiger partial charge in [0.2, 0.25) is 0 Å². The average molecular weight is 323 g/mol. The largest absolute Gasteiger partial charge is 0.391 e. The molecule has 1 saturated carbocycles. The number of rotatable bonds is 5. The third-order valence-corrected chi connectivity index (χ3v) is 9.20. The van der Waals surface area contributed by atoms with Crippen molar-refractivity contribution < 1.29 is 13.5 Å². The van der Waals surface area contributed by atoms with Crippen molar-refractivity contribution in [1.82, 2.24) is 13.6 Å². The molecule has 4 unspecified atom stereocenters. The average Bonchev–Trinajstić information content (AvgIpc) is 2.98. The molecule has 1 aromatic rings. The molecule has 108 valence electrons. The number of hydrogen-bond donors (Lipinski definition) is 1. The predicted molar refractivity (Wildman–Crippen MR) is 78.6 cm³/mol. The Morgan fingerprint density at radius 2 is 2.11 bits per heavy atom. The minimum Gasteiger partial charge on any atom is -0.391 e. The summed E-state index contributed by atoms with van der Waals surface area (Å²) in [5.41, 5.74) is 0. The van der Waals surface area contributed by atoms with Gasteiger partial charge in [-0.2, -0.15) is 8.94 Å². The number of hydrogen-bond acceptors (Lipinski definition) is 4. The highest BCUT2D eigenvalue weighted by Crippen LogP contribution is 2.35. The molecule has 6 nitrogen and oxygen atoms in total. The lowest BCUT2D eigenvalue weighted by molar-refractivity contribution is 0.129. The van der Waals surface area contributed by atoms with Gasteiger partial charge in [-0.25, -0.2) is 8.42 Å². The van der Waals surface area contributed by atoms with E-state index in [-0.39, 0.29) is 28.5 Å². The van der Waals surface area contributed by atoms with Crippen molar-refractivity contribution in [3.63, 3.8) is 0 Å². The van der Waals surface area contributed by atoms with E-state index in [0.29, 0.717) is 0 Å². The summed E-state index contributed by atoms with van der Waals surface area (Å²) in [6.45, 7) is 3.68. The van der Waals surface area contributed by atoms with Crippen LogP contribution in [-0.2, 0) is 10.0 Å². The van der Waals surface area contributed by atoms with Crippen molar-refractivity contribution in [3.8, 4) is 0 Å². The molecule has 1 heterocycles. The summed E-state index contributed by atoms with van der Waals surface area (Å²) < 4.78 is 27.6. The highest BCUT2D eigenvalue weighted by Gasteiger charge is 2.30. The Morgan fingerprint density at radius 1 is 1.42 bits per heavy atom. The molecule has 1 aromatic heterocycles. The molecule has 0 saturated heterocycles. The van der Waals surface area contributed by atoms with Gasteiger partial charge < -0.3 is 5.11 Å². The summed E-state index contributed by atoms with van der Waals surface area (Å²) >= 11 is 0. The Morgan fingerprint density at radius 3 is 2.63 bits per heavy atom. The Kier molecular flexibility index (Phi) is 4.96. The first-order valence-corrected chi connectivity index (χ1v) is 10.5. The minimum absolute atomic E-state index is 0.0790.